The fraction of sp³-hybridized carbons (Fsp3) is 0.353. The second kappa shape index (κ2) is 6.78. The summed E-state index contributed by atoms with van der Waals surface area (Å²) in [6, 6.07) is 9.52. The van der Waals surface area contributed by atoms with Gasteiger partial charge in [0.1, 0.15) is 11.3 Å². The van der Waals surface area contributed by atoms with Gasteiger partial charge in [-0.2, -0.15) is 0 Å². The highest BCUT2D eigenvalue weighted by atomic mass is 32.2. The lowest BCUT2D eigenvalue weighted by molar-refractivity contribution is -0.116. The molecule has 0 aliphatic carbocycles. The number of amides is 1. The highest BCUT2D eigenvalue weighted by molar-refractivity contribution is 7.88. The first-order valence-corrected chi connectivity index (χ1v) is 9.66. The lowest BCUT2D eigenvalue weighted by atomic mass is 10.1. The first kappa shape index (κ1) is 16.7. The van der Waals surface area contributed by atoms with Crippen LogP contribution in [0.15, 0.2) is 40.8 Å². The van der Waals surface area contributed by atoms with Crippen molar-refractivity contribution in [3.63, 3.8) is 0 Å². The van der Waals surface area contributed by atoms with Crippen LogP contribution in [-0.4, -0.2) is 44.5 Å². The Balaban J connectivity index is 1.51. The molecule has 6 nitrogen and oxygen atoms in total. The molecule has 0 spiro atoms. The van der Waals surface area contributed by atoms with Crippen LogP contribution in [0, 0.1) is 5.92 Å². The Bertz CT molecular complexity index is 837. The molecule has 3 rings (SSSR count). The number of para-hydroxylation sites is 1. The first-order valence-electron chi connectivity index (χ1n) is 7.81. The number of carbonyl (C=O) groups is 1. The molecule has 1 amide bonds. The van der Waals surface area contributed by atoms with Crippen molar-refractivity contribution in [2.24, 2.45) is 5.92 Å². The van der Waals surface area contributed by atoms with Crippen molar-refractivity contribution < 1.29 is 17.6 Å². The minimum absolute atomic E-state index is 0.156. The van der Waals surface area contributed by atoms with Gasteiger partial charge >= 0.3 is 0 Å². The summed E-state index contributed by atoms with van der Waals surface area (Å²) in [6.07, 6.45) is 5.04. The third kappa shape index (κ3) is 4.04. The number of hydrogen-bond donors (Lipinski definition) is 1. The molecule has 0 saturated carbocycles. The lowest BCUT2D eigenvalue weighted by Gasteiger charge is -2.13. The Hall–Kier alpha value is -2.12. The predicted octanol–water partition coefficient (Wildman–Crippen LogP) is 1.84. The van der Waals surface area contributed by atoms with Crippen LogP contribution in [0.2, 0.25) is 0 Å². The third-order valence-corrected chi connectivity index (χ3v) is 5.40. The Morgan fingerprint density at radius 1 is 1.42 bits per heavy atom. The summed E-state index contributed by atoms with van der Waals surface area (Å²) < 4.78 is 30.0. The van der Waals surface area contributed by atoms with Crippen LogP contribution in [0.25, 0.3) is 17.0 Å². The number of nitrogens with one attached hydrogen (secondary N) is 1. The maximum Gasteiger partial charge on any atom is 0.244 e. The van der Waals surface area contributed by atoms with E-state index in [-0.39, 0.29) is 11.8 Å². The summed E-state index contributed by atoms with van der Waals surface area (Å²) in [5, 5.41) is 3.80. The standard InChI is InChI=1S/C17H20N2O4S/c1-24(21,22)19-9-8-13(12-19)11-18-17(20)7-6-15-10-14-4-2-3-5-16(14)23-15/h2-7,10,13H,8-9,11-12H2,1H3,(H,18,20). The van der Waals surface area contributed by atoms with Crippen molar-refractivity contribution in [2.75, 3.05) is 25.9 Å². The zero-order valence-corrected chi connectivity index (χ0v) is 14.3. The number of sulfonamides is 1. The molecule has 1 saturated heterocycles. The maximum absolute atomic E-state index is 11.9. The van der Waals surface area contributed by atoms with Gasteiger partial charge in [0.2, 0.25) is 15.9 Å². The molecule has 1 aromatic heterocycles. The van der Waals surface area contributed by atoms with E-state index in [1.54, 1.807) is 6.08 Å². The van der Waals surface area contributed by atoms with Crippen LogP contribution >= 0.6 is 0 Å². The highest BCUT2D eigenvalue weighted by Gasteiger charge is 2.28. The number of carbonyl (C=O) groups excluding carboxylic acids is 1. The third-order valence-electron chi connectivity index (χ3n) is 4.13. The van der Waals surface area contributed by atoms with E-state index in [1.165, 1.54) is 16.6 Å². The molecule has 2 heterocycles. The van der Waals surface area contributed by atoms with Gasteiger partial charge in [0.25, 0.3) is 0 Å². The second-order valence-corrected chi connectivity index (χ2v) is 8.02. The number of rotatable bonds is 5. The van der Waals surface area contributed by atoms with Gasteiger partial charge in [-0.15, -0.1) is 0 Å². The molecule has 1 N–H and O–H groups in total. The summed E-state index contributed by atoms with van der Waals surface area (Å²) >= 11 is 0. The van der Waals surface area contributed by atoms with E-state index in [0.717, 1.165) is 17.4 Å². The summed E-state index contributed by atoms with van der Waals surface area (Å²) in [7, 11) is -3.14. The molecule has 0 bridgehead atoms. The average molecular weight is 348 g/mol. The minimum atomic E-state index is -3.14. The molecule has 7 heteroatoms. The number of benzene rings is 1. The van der Waals surface area contributed by atoms with Crippen LogP contribution in [-0.2, 0) is 14.8 Å². The van der Waals surface area contributed by atoms with Crippen molar-refractivity contribution in [3.05, 3.63) is 42.2 Å². The van der Waals surface area contributed by atoms with Gasteiger partial charge in [-0.05, 0) is 30.5 Å². The summed E-state index contributed by atoms with van der Waals surface area (Å²) in [5.74, 6) is 0.562. The van der Waals surface area contributed by atoms with Crippen molar-refractivity contribution in [2.45, 2.75) is 6.42 Å². The smallest absolute Gasteiger partial charge is 0.244 e. The molecule has 1 aliphatic heterocycles. The van der Waals surface area contributed by atoms with E-state index in [0.29, 0.717) is 25.4 Å². The Morgan fingerprint density at radius 3 is 2.92 bits per heavy atom. The number of fused-ring (bicyclic) bond motifs is 1. The van der Waals surface area contributed by atoms with Crippen LogP contribution in [0.4, 0.5) is 0 Å². The second-order valence-electron chi connectivity index (χ2n) is 6.04. The fourth-order valence-corrected chi connectivity index (χ4v) is 3.73. The molecular weight excluding hydrogens is 328 g/mol. The van der Waals surface area contributed by atoms with E-state index in [4.69, 9.17) is 4.42 Å². The summed E-state index contributed by atoms with van der Waals surface area (Å²) in [6.45, 7) is 1.45. The zero-order valence-electron chi connectivity index (χ0n) is 13.4. The van der Waals surface area contributed by atoms with Crippen LogP contribution in [0.1, 0.15) is 12.2 Å². The fourth-order valence-electron chi connectivity index (χ4n) is 2.81. The monoisotopic (exact) mass is 348 g/mol. The van der Waals surface area contributed by atoms with Gasteiger partial charge in [0, 0.05) is 31.1 Å². The Labute approximate surface area is 141 Å². The van der Waals surface area contributed by atoms with E-state index in [2.05, 4.69) is 5.32 Å². The molecule has 1 atom stereocenters. The SMILES string of the molecule is CS(=O)(=O)N1CCC(CNC(=O)C=Cc2cc3ccccc3o2)C1. The predicted molar refractivity (Wildman–Crippen MR) is 92.8 cm³/mol. The Morgan fingerprint density at radius 2 is 2.21 bits per heavy atom. The number of furan rings is 1. The molecule has 24 heavy (non-hydrogen) atoms. The van der Waals surface area contributed by atoms with Gasteiger partial charge in [-0.25, -0.2) is 12.7 Å². The topological polar surface area (TPSA) is 79.6 Å². The lowest BCUT2D eigenvalue weighted by Crippen LogP contribution is -2.31. The molecule has 0 radical (unpaired) electrons. The van der Waals surface area contributed by atoms with Crippen molar-refractivity contribution in [1.82, 2.24) is 9.62 Å². The zero-order chi connectivity index (χ0) is 17.2. The maximum atomic E-state index is 11.9. The molecule has 1 unspecified atom stereocenters. The molecule has 2 aromatic rings. The molecule has 1 aliphatic rings. The molecular formula is C17H20N2O4S. The summed E-state index contributed by atoms with van der Waals surface area (Å²) in [4.78, 5) is 11.9. The highest BCUT2D eigenvalue weighted by Crippen LogP contribution is 2.20. The van der Waals surface area contributed by atoms with Gasteiger partial charge in [-0.1, -0.05) is 18.2 Å². The van der Waals surface area contributed by atoms with Crippen molar-refractivity contribution in [1.29, 1.82) is 0 Å². The average Bonchev–Trinajstić information content (AvgIpc) is 3.16. The van der Waals surface area contributed by atoms with Gasteiger partial charge < -0.3 is 9.73 Å². The Kier molecular flexibility index (Phi) is 4.73. The van der Waals surface area contributed by atoms with E-state index in [1.807, 2.05) is 30.3 Å². The normalized spacial score (nSPS) is 19.3. The van der Waals surface area contributed by atoms with E-state index >= 15 is 0 Å². The first-order chi connectivity index (χ1) is 11.4. The molecule has 128 valence electrons. The molecule has 1 fully saturated rings. The summed E-state index contributed by atoms with van der Waals surface area (Å²) in [5.41, 5.74) is 0.782. The largest absolute Gasteiger partial charge is 0.457 e. The van der Waals surface area contributed by atoms with Crippen LogP contribution < -0.4 is 5.32 Å². The van der Waals surface area contributed by atoms with E-state index < -0.39 is 10.0 Å². The molecule has 1 aromatic carbocycles. The number of hydrogen-bond acceptors (Lipinski definition) is 4. The van der Waals surface area contributed by atoms with Gasteiger partial charge in [0.15, 0.2) is 0 Å². The van der Waals surface area contributed by atoms with Crippen LogP contribution in [0.3, 0.4) is 0 Å². The minimum Gasteiger partial charge on any atom is -0.457 e. The quantitative estimate of drug-likeness (QED) is 0.836. The van der Waals surface area contributed by atoms with Crippen molar-refractivity contribution in [3.8, 4) is 0 Å². The van der Waals surface area contributed by atoms with Crippen molar-refractivity contribution >= 4 is 33.0 Å². The van der Waals surface area contributed by atoms with E-state index in [9.17, 15) is 13.2 Å². The van der Waals surface area contributed by atoms with Gasteiger partial charge in [0.05, 0.1) is 6.26 Å². The van der Waals surface area contributed by atoms with Crippen LogP contribution in [0.5, 0.6) is 0 Å². The number of nitrogens with zero attached hydrogens (tertiary/aromatic N) is 1. The van der Waals surface area contributed by atoms with Gasteiger partial charge in [-0.3, -0.25) is 4.79 Å².